The first-order chi connectivity index (χ1) is 11.9. The van der Waals surface area contributed by atoms with Gasteiger partial charge in [-0.3, -0.25) is 4.79 Å². The number of carboxylic acid groups (broad SMARTS) is 1. The third-order valence-corrected chi connectivity index (χ3v) is 4.81. The first kappa shape index (κ1) is 17.5. The van der Waals surface area contributed by atoms with E-state index in [-0.39, 0.29) is 11.8 Å². The third-order valence-electron chi connectivity index (χ3n) is 4.22. The number of rotatable bonds is 4. The van der Waals surface area contributed by atoms with Gasteiger partial charge in [-0.1, -0.05) is 47.5 Å². The molecule has 1 aliphatic rings. The lowest BCUT2D eigenvalue weighted by atomic mass is 10.00. The summed E-state index contributed by atoms with van der Waals surface area (Å²) in [7, 11) is 0. The molecule has 25 heavy (non-hydrogen) atoms. The summed E-state index contributed by atoms with van der Waals surface area (Å²) in [5.41, 5.74) is 3.06. The standard InChI is InChI=1S/C19H15Cl2NO3/c1-11-15-4-2-3-12(6-8-17(23)24)18(15)22(19(11)25)10-13-5-7-14(20)9-16(13)21/h2-9,11H,10H2,1H3,(H,23,24)/b8-6+. The number of carbonyl (C=O) groups excluding carboxylic acids is 1. The van der Waals surface area contributed by atoms with Crippen LogP contribution in [0.4, 0.5) is 5.69 Å². The molecule has 1 unspecified atom stereocenters. The zero-order valence-corrected chi connectivity index (χ0v) is 14.9. The Morgan fingerprint density at radius 3 is 2.72 bits per heavy atom. The lowest BCUT2D eigenvalue weighted by Gasteiger charge is -2.20. The molecule has 3 rings (SSSR count). The van der Waals surface area contributed by atoms with Crippen LogP contribution in [-0.4, -0.2) is 17.0 Å². The number of carboxylic acids is 1. The molecule has 1 atom stereocenters. The van der Waals surface area contributed by atoms with Crippen LogP contribution in [0.25, 0.3) is 6.08 Å². The topological polar surface area (TPSA) is 57.6 Å². The molecule has 1 aliphatic heterocycles. The van der Waals surface area contributed by atoms with Crippen LogP contribution in [0.1, 0.15) is 29.5 Å². The molecule has 4 nitrogen and oxygen atoms in total. The molecular formula is C19H15Cl2NO3. The second-order valence-electron chi connectivity index (χ2n) is 5.84. The molecule has 0 radical (unpaired) electrons. The van der Waals surface area contributed by atoms with Crippen molar-refractivity contribution in [2.24, 2.45) is 0 Å². The summed E-state index contributed by atoms with van der Waals surface area (Å²) in [5.74, 6) is -1.38. The van der Waals surface area contributed by atoms with Crippen molar-refractivity contribution < 1.29 is 14.7 Å². The Labute approximate surface area is 155 Å². The molecule has 1 heterocycles. The number of nitrogens with zero attached hydrogens (tertiary/aromatic N) is 1. The lowest BCUT2D eigenvalue weighted by molar-refractivity contribution is -0.131. The SMILES string of the molecule is CC1C(=O)N(Cc2ccc(Cl)cc2Cl)c2c(/C=C/C(=O)O)cccc21. The van der Waals surface area contributed by atoms with Crippen LogP contribution in [-0.2, 0) is 16.1 Å². The van der Waals surface area contributed by atoms with E-state index >= 15 is 0 Å². The molecule has 1 N–H and O–H groups in total. The Bertz CT molecular complexity index is 892. The maximum Gasteiger partial charge on any atom is 0.328 e. The molecule has 0 spiro atoms. The Morgan fingerprint density at radius 2 is 2.04 bits per heavy atom. The van der Waals surface area contributed by atoms with E-state index in [1.807, 2.05) is 19.1 Å². The number of hydrogen-bond donors (Lipinski definition) is 1. The number of halogens is 2. The second-order valence-corrected chi connectivity index (χ2v) is 6.68. The van der Waals surface area contributed by atoms with Crippen molar-refractivity contribution in [3.8, 4) is 0 Å². The summed E-state index contributed by atoms with van der Waals surface area (Å²) in [6.07, 6.45) is 2.57. The van der Waals surface area contributed by atoms with E-state index in [0.717, 1.165) is 22.9 Å². The first-order valence-electron chi connectivity index (χ1n) is 7.67. The van der Waals surface area contributed by atoms with Crippen LogP contribution in [0.15, 0.2) is 42.5 Å². The number of benzene rings is 2. The molecule has 0 bridgehead atoms. The van der Waals surface area contributed by atoms with Gasteiger partial charge in [0, 0.05) is 16.1 Å². The van der Waals surface area contributed by atoms with Gasteiger partial charge in [0.2, 0.25) is 5.91 Å². The van der Waals surface area contributed by atoms with Crippen LogP contribution < -0.4 is 4.90 Å². The molecule has 6 heteroatoms. The highest BCUT2D eigenvalue weighted by Crippen LogP contribution is 2.41. The highest BCUT2D eigenvalue weighted by molar-refractivity contribution is 6.35. The third kappa shape index (κ3) is 3.41. The number of anilines is 1. The maximum absolute atomic E-state index is 12.8. The summed E-state index contributed by atoms with van der Waals surface area (Å²) >= 11 is 12.2. The number of carbonyl (C=O) groups is 2. The molecule has 0 saturated heterocycles. The van der Waals surface area contributed by atoms with E-state index < -0.39 is 5.97 Å². The molecule has 0 aliphatic carbocycles. The fourth-order valence-electron chi connectivity index (χ4n) is 2.99. The van der Waals surface area contributed by atoms with Crippen molar-refractivity contribution in [1.82, 2.24) is 0 Å². The van der Waals surface area contributed by atoms with E-state index in [1.165, 1.54) is 6.08 Å². The number of para-hydroxylation sites is 1. The number of aliphatic carboxylic acids is 1. The van der Waals surface area contributed by atoms with Gasteiger partial charge in [-0.25, -0.2) is 4.79 Å². The quantitative estimate of drug-likeness (QED) is 0.784. The molecule has 0 aromatic heterocycles. The van der Waals surface area contributed by atoms with Crippen LogP contribution >= 0.6 is 23.2 Å². The van der Waals surface area contributed by atoms with Gasteiger partial charge in [0.05, 0.1) is 18.2 Å². The average Bonchev–Trinajstić information content (AvgIpc) is 2.81. The Hall–Kier alpha value is -2.30. The van der Waals surface area contributed by atoms with E-state index in [4.69, 9.17) is 28.3 Å². The van der Waals surface area contributed by atoms with Crippen molar-refractivity contribution in [3.05, 3.63) is 69.2 Å². The predicted octanol–water partition coefficient (Wildman–Crippen LogP) is 4.74. The van der Waals surface area contributed by atoms with E-state index in [0.29, 0.717) is 22.2 Å². The molecule has 0 saturated carbocycles. The minimum atomic E-state index is -1.04. The minimum Gasteiger partial charge on any atom is -0.478 e. The molecule has 2 aromatic rings. The highest BCUT2D eigenvalue weighted by atomic mass is 35.5. The Morgan fingerprint density at radius 1 is 1.28 bits per heavy atom. The fourth-order valence-corrected chi connectivity index (χ4v) is 3.46. The lowest BCUT2D eigenvalue weighted by Crippen LogP contribution is -2.28. The number of amides is 1. The van der Waals surface area contributed by atoms with Gasteiger partial charge < -0.3 is 10.0 Å². The van der Waals surface area contributed by atoms with Crippen molar-refractivity contribution in [3.63, 3.8) is 0 Å². The smallest absolute Gasteiger partial charge is 0.328 e. The van der Waals surface area contributed by atoms with Crippen molar-refractivity contribution in [2.45, 2.75) is 19.4 Å². The minimum absolute atomic E-state index is 0.0443. The zero-order valence-electron chi connectivity index (χ0n) is 13.4. The zero-order chi connectivity index (χ0) is 18.1. The maximum atomic E-state index is 12.8. The van der Waals surface area contributed by atoms with Crippen molar-refractivity contribution in [2.75, 3.05) is 4.90 Å². The Kier molecular flexibility index (Phi) is 4.84. The van der Waals surface area contributed by atoms with Crippen LogP contribution in [0.5, 0.6) is 0 Å². The fraction of sp³-hybridized carbons (Fsp3) is 0.158. The van der Waals surface area contributed by atoms with E-state index in [2.05, 4.69) is 0 Å². The monoisotopic (exact) mass is 375 g/mol. The van der Waals surface area contributed by atoms with Gasteiger partial charge in [0.1, 0.15) is 0 Å². The van der Waals surface area contributed by atoms with Gasteiger partial charge >= 0.3 is 5.97 Å². The van der Waals surface area contributed by atoms with Gasteiger partial charge in [0.15, 0.2) is 0 Å². The summed E-state index contributed by atoms with van der Waals surface area (Å²) in [5, 5.41) is 9.91. The van der Waals surface area contributed by atoms with Crippen LogP contribution in [0.2, 0.25) is 10.0 Å². The summed E-state index contributed by atoms with van der Waals surface area (Å²) in [6, 6.07) is 10.7. The first-order valence-corrected chi connectivity index (χ1v) is 8.43. The van der Waals surface area contributed by atoms with Crippen LogP contribution in [0, 0.1) is 0 Å². The molecule has 2 aromatic carbocycles. The molecule has 128 valence electrons. The van der Waals surface area contributed by atoms with Gasteiger partial charge in [0.25, 0.3) is 0 Å². The van der Waals surface area contributed by atoms with E-state index in [1.54, 1.807) is 29.2 Å². The highest BCUT2D eigenvalue weighted by Gasteiger charge is 2.35. The molecule has 1 amide bonds. The number of fused-ring (bicyclic) bond motifs is 1. The van der Waals surface area contributed by atoms with Crippen molar-refractivity contribution >= 4 is 46.8 Å². The Balaban J connectivity index is 2.05. The van der Waals surface area contributed by atoms with Crippen molar-refractivity contribution in [1.29, 1.82) is 0 Å². The second kappa shape index (κ2) is 6.90. The summed E-state index contributed by atoms with van der Waals surface area (Å²) in [4.78, 5) is 25.3. The van der Waals surface area contributed by atoms with Gasteiger partial charge in [-0.15, -0.1) is 0 Å². The van der Waals surface area contributed by atoms with Gasteiger partial charge in [-0.2, -0.15) is 0 Å². The van der Waals surface area contributed by atoms with E-state index in [9.17, 15) is 9.59 Å². The average molecular weight is 376 g/mol. The molecular weight excluding hydrogens is 361 g/mol. The normalized spacial score (nSPS) is 16.5. The summed E-state index contributed by atoms with van der Waals surface area (Å²) < 4.78 is 0. The van der Waals surface area contributed by atoms with Crippen LogP contribution in [0.3, 0.4) is 0 Å². The molecule has 0 fully saturated rings. The summed E-state index contributed by atoms with van der Waals surface area (Å²) in [6.45, 7) is 2.14. The predicted molar refractivity (Wildman–Crippen MR) is 99.2 cm³/mol. The van der Waals surface area contributed by atoms with Gasteiger partial charge in [-0.05, 0) is 41.8 Å². The number of hydrogen-bond acceptors (Lipinski definition) is 2. The largest absolute Gasteiger partial charge is 0.478 e.